The summed E-state index contributed by atoms with van der Waals surface area (Å²) in [4.78, 5) is 4.35. The maximum absolute atomic E-state index is 6.05. The van der Waals surface area contributed by atoms with Gasteiger partial charge in [0, 0.05) is 6.42 Å². The van der Waals surface area contributed by atoms with E-state index in [2.05, 4.69) is 44.8 Å². The monoisotopic (exact) mass is 225 g/mol. The number of aromatic nitrogens is 2. The van der Waals surface area contributed by atoms with Crippen LogP contribution in [0.5, 0.6) is 0 Å². The van der Waals surface area contributed by atoms with Crippen LogP contribution >= 0.6 is 0 Å². The van der Waals surface area contributed by atoms with Crippen molar-refractivity contribution in [2.75, 3.05) is 0 Å². The first-order valence-corrected chi connectivity index (χ1v) is 5.88. The van der Waals surface area contributed by atoms with E-state index in [0.717, 1.165) is 18.7 Å². The Balaban J connectivity index is 2.64. The van der Waals surface area contributed by atoms with Gasteiger partial charge in [0.2, 0.25) is 5.89 Å². The fraction of sp³-hybridized carbons (Fsp3) is 0.833. The molecule has 4 nitrogen and oxygen atoms in total. The van der Waals surface area contributed by atoms with Crippen LogP contribution in [0, 0.1) is 11.3 Å². The standard InChI is InChI=1S/C12H23N3O/c1-8(2)6-7-9-14-11(16-15-9)10(13)12(3,4)5/h8,10H,6-7,13H2,1-5H3/t10-/m0/s1. The van der Waals surface area contributed by atoms with Crippen LogP contribution in [-0.4, -0.2) is 10.1 Å². The average molecular weight is 225 g/mol. The summed E-state index contributed by atoms with van der Waals surface area (Å²) < 4.78 is 5.20. The zero-order valence-electron chi connectivity index (χ0n) is 10.9. The van der Waals surface area contributed by atoms with Gasteiger partial charge in [0.05, 0.1) is 6.04 Å². The van der Waals surface area contributed by atoms with Crippen molar-refractivity contribution in [3.8, 4) is 0 Å². The minimum Gasteiger partial charge on any atom is -0.338 e. The topological polar surface area (TPSA) is 64.9 Å². The van der Waals surface area contributed by atoms with E-state index in [1.807, 2.05) is 0 Å². The zero-order valence-corrected chi connectivity index (χ0v) is 10.9. The van der Waals surface area contributed by atoms with E-state index >= 15 is 0 Å². The highest BCUT2D eigenvalue weighted by atomic mass is 16.5. The van der Waals surface area contributed by atoms with Crippen LogP contribution in [0.1, 0.15) is 58.8 Å². The van der Waals surface area contributed by atoms with Gasteiger partial charge < -0.3 is 10.3 Å². The van der Waals surface area contributed by atoms with Crippen molar-refractivity contribution in [1.29, 1.82) is 0 Å². The van der Waals surface area contributed by atoms with Gasteiger partial charge in [-0.3, -0.25) is 0 Å². The lowest BCUT2D eigenvalue weighted by atomic mass is 9.87. The Hall–Kier alpha value is -0.900. The number of nitrogens with two attached hydrogens (primary N) is 1. The van der Waals surface area contributed by atoms with Crippen LogP contribution in [0.2, 0.25) is 0 Å². The fourth-order valence-electron chi connectivity index (χ4n) is 1.28. The lowest BCUT2D eigenvalue weighted by molar-refractivity contribution is 0.252. The van der Waals surface area contributed by atoms with Crippen molar-refractivity contribution in [1.82, 2.24) is 10.1 Å². The molecule has 1 aromatic rings. The molecule has 0 saturated carbocycles. The lowest BCUT2D eigenvalue weighted by Crippen LogP contribution is -2.26. The molecule has 1 atom stereocenters. The first-order chi connectivity index (χ1) is 7.30. The Kier molecular flexibility index (Phi) is 4.08. The molecule has 1 rings (SSSR count). The molecule has 0 fully saturated rings. The molecule has 0 spiro atoms. The van der Waals surface area contributed by atoms with Crippen molar-refractivity contribution >= 4 is 0 Å². The third-order valence-corrected chi connectivity index (χ3v) is 2.63. The first-order valence-electron chi connectivity index (χ1n) is 5.88. The average Bonchev–Trinajstić information content (AvgIpc) is 2.60. The van der Waals surface area contributed by atoms with Crippen LogP contribution in [0.15, 0.2) is 4.52 Å². The summed E-state index contributed by atoms with van der Waals surface area (Å²) in [6.45, 7) is 10.6. The van der Waals surface area contributed by atoms with Gasteiger partial charge in [-0.1, -0.05) is 39.8 Å². The van der Waals surface area contributed by atoms with Gasteiger partial charge in [-0.15, -0.1) is 0 Å². The highest BCUT2D eigenvalue weighted by Crippen LogP contribution is 2.29. The number of aryl methyl sites for hydroxylation is 1. The predicted molar refractivity (Wildman–Crippen MR) is 63.8 cm³/mol. The van der Waals surface area contributed by atoms with E-state index in [0.29, 0.717) is 11.8 Å². The quantitative estimate of drug-likeness (QED) is 0.855. The second-order valence-corrected chi connectivity index (χ2v) is 5.83. The van der Waals surface area contributed by atoms with Crippen LogP contribution < -0.4 is 5.73 Å². The third kappa shape index (κ3) is 3.59. The Morgan fingerprint density at radius 3 is 2.44 bits per heavy atom. The van der Waals surface area contributed by atoms with Gasteiger partial charge in [-0.25, -0.2) is 0 Å². The molecule has 0 aliphatic carbocycles. The van der Waals surface area contributed by atoms with Crippen LogP contribution in [0.25, 0.3) is 0 Å². The van der Waals surface area contributed by atoms with Crippen molar-refractivity contribution in [3.05, 3.63) is 11.7 Å². The normalized spacial score (nSPS) is 14.4. The first kappa shape index (κ1) is 13.2. The van der Waals surface area contributed by atoms with E-state index in [1.54, 1.807) is 0 Å². The van der Waals surface area contributed by atoms with Gasteiger partial charge in [-0.05, 0) is 17.8 Å². The molecule has 1 heterocycles. The summed E-state index contributed by atoms with van der Waals surface area (Å²) in [5, 5.41) is 3.96. The van der Waals surface area contributed by atoms with Crippen molar-refractivity contribution in [3.63, 3.8) is 0 Å². The van der Waals surface area contributed by atoms with E-state index in [9.17, 15) is 0 Å². The number of hydrogen-bond donors (Lipinski definition) is 1. The fourth-order valence-corrected chi connectivity index (χ4v) is 1.28. The van der Waals surface area contributed by atoms with E-state index < -0.39 is 0 Å². The zero-order chi connectivity index (χ0) is 12.3. The molecule has 1 aromatic heterocycles. The Bertz CT molecular complexity index is 325. The van der Waals surface area contributed by atoms with Crippen LogP contribution in [-0.2, 0) is 6.42 Å². The molecule has 0 unspecified atom stereocenters. The highest BCUT2D eigenvalue weighted by Gasteiger charge is 2.27. The molecule has 0 aromatic carbocycles. The minimum atomic E-state index is -0.201. The molecule has 92 valence electrons. The predicted octanol–water partition coefficient (Wildman–Crippen LogP) is 2.70. The van der Waals surface area contributed by atoms with Gasteiger partial charge in [0.15, 0.2) is 5.82 Å². The second-order valence-electron chi connectivity index (χ2n) is 5.83. The molecule has 2 N–H and O–H groups in total. The molecule has 0 radical (unpaired) electrons. The summed E-state index contributed by atoms with van der Waals surface area (Å²) in [6.07, 6.45) is 1.93. The molecular formula is C12H23N3O. The van der Waals surface area contributed by atoms with Gasteiger partial charge in [0.25, 0.3) is 0 Å². The molecule has 0 saturated heterocycles. The highest BCUT2D eigenvalue weighted by molar-refractivity contribution is 4.96. The summed E-state index contributed by atoms with van der Waals surface area (Å²) in [7, 11) is 0. The lowest BCUT2D eigenvalue weighted by Gasteiger charge is -2.23. The summed E-state index contributed by atoms with van der Waals surface area (Å²) >= 11 is 0. The van der Waals surface area contributed by atoms with Crippen LogP contribution in [0.3, 0.4) is 0 Å². The van der Waals surface area contributed by atoms with E-state index in [-0.39, 0.29) is 11.5 Å². The molecule has 0 aliphatic rings. The Morgan fingerprint density at radius 1 is 1.31 bits per heavy atom. The Labute approximate surface area is 97.6 Å². The minimum absolute atomic E-state index is 0.0537. The molecular weight excluding hydrogens is 202 g/mol. The van der Waals surface area contributed by atoms with Crippen molar-refractivity contribution < 1.29 is 4.52 Å². The number of rotatable bonds is 4. The summed E-state index contributed by atoms with van der Waals surface area (Å²) in [5.41, 5.74) is 5.99. The van der Waals surface area contributed by atoms with Gasteiger partial charge in [-0.2, -0.15) is 4.98 Å². The van der Waals surface area contributed by atoms with E-state index in [1.165, 1.54) is 0 Å². The Morgan fingerprint density at radius 2 is 1.94 bits per heavy atom. The summed E-state index contributed by atoms with van der Waals surface area (Å²) in [6, 6.07) is -0.201. The third-order valence-electron chi connectivity index (χ3n) is 2.63. The smallest absolute Gasteiger partial charge is 0.244 e. The molecule has 0 amide bonds. The van der Waals surface area contributed by atoms with E-state index in [4.69, 9.17) is 10.3 Å². The summed E-state index contributed by atoms with van der Waals surface area (Å²) in [5.74, 6) is 1.97. The molecule has 16 heavy (non-hydrogen) atoms. The van der Waals surface area contributed by atoms with Gasteiger partial charge in [0.1, 0.15) is 0 Å². The SMILES string of the molecule is CC(C)CCc1noc([C@H](N)C(C)(C)C)n1. The molecule has 4 heteroatoms. The maximum Gasteiger partial charge on any atom is 0.244 e. The van der Waals surface area contributed by atoms with Gasteiger partial charge >= 0.3 is 0 Å². The van der Waals surface area contributed by atoms with Crippen molar-refractivity contribution in [2.24, 2.45) is 17.1 Å². The second kappa shape index (κ2) is 4.95. The van der Waals surface area contributed by atoms with Crippen molar-refractivity contribution in [2.45, 2.75) is 53.5 Å². The molecule has 0 bridgehead atoms. The van der Waals surface area contributed by atoms with Crippen LogP contribution in [0.4, 0.5) is 0 Å². The number of hydrogen-bond acceptors (Lipinski definition) is 4. The number of nitrogens with zero attached hydrogens (tertiary/aromatic N) is 2. The largest absolute Gasteiger partial charge is 0.338 e. The maximum atomic E-state index is 6.05. The molecule has 0 aliphatic heterocycles.